The van der Waals surface area contributed by atoms with E-state index in [9.17, 15) is 14.9 Å². The third-order valence-electron chi connectivity index (χ3n) is 4.38. The van der Waals surface area contributed by atoms with Crippen molar-refractivity contribution in [3.05, 3.63) is 75.1 Å². The van der Waals surface area contributed by atoms with Crippen molar-refractivity contribution >= 4 is 46.3 Å². The topological polar surface area (TPSA) is 119 Å². The lowest BCUT2D eigenvalue weighted by molar-refractivity contribution is -0.383. The van der Waals surface area contributed by atoms with Gasteiger partial charge in [-0.3, -0.25) is 10.1 Å². The summed E-state index contributed by atoms with van der Waals surface area (Å²) in [4.78, 5) is 31.4. The predicted octanol–water partition coefficient (Wildman–Crippen LogP) is 5.65. The van der Waals surface area contributed by atoms with E-state index in [1.807, 2.05) is 20.8 Å². The van der Waals surface area contributed by atoms with Gasteiger partial charge in [0.1, 0.15) is 6.33 Å². The van der Waals surface area contributed by atoms with Crippen LogP contribution in [0, 0.1) is 23.0 Å². The Morgan fingerprint density at radius 3 is 2.38 bits per heavy atom. The Kier molecular flexibility index (Phi) is 7.21. The van der Waals surface area contributed by atoms with Crippen LogP contribution in [0.4, 0.5) is 28.7 Å². The van der Waals surface area contributed by atoms with E-state index in [0.29, 0.717) is 28.6 Å². The van der Waals surface area contributed by atoms with Crippen molar-refractivity contribution in [3.8, 4) is 0 Å². The van der Waals surface area contributed by atoms with Gasteiger partial charge in [0.2, 0.25) is 11.6 Å². The summed E-state index contributed by atoms with van der Waals surface area (Å²) in [6.45, 7) is 6.06. The zero-order chi connectivity index (χ0) is 23.3. The molecule has 3 rings (SSSR count). The second-order valence-corrected chi connectivity index (χ2v) is 7.89. The van der Waals surface area contributed by atoms with Gasteiger partial charge in [-0.05, 0) is 60.9 Å². The number of halogens is 1. The minimum atomic E-state index is -0.562. The van der Waals surface area contributed by atoms with Crippen molar-refractivity contribution in [2.75, 3.05) is 17.2 Å². The molecule has 0 radical (unpaired) electrons. The molecule has 2 aromatic carbocycles. The number of hydrogen-bond acceptors (Lipinski definition) is 8. The number of aryl methyl sites for hydroxylation is 1. The first-order valence-electron chi connectivity index (χ1n) is 9.81. The van der Waals surface area contributed by atoms with Gasteiger partial charge in [0.15, 0.2) is 0 Å². The van der Waals surface area contributed by atoms with E-state index in [1.54, 1.807) is 42.5 Å². The molecular weight excluding hydrogens is 434 g/mol. The highest BCUT2D eigenvalue weighted by molar-refractivity contribution is 6.30. The van der Waals surface area contributed by atoms with Gasteiger partial charge in [0.25, 0.3) is 0 Å². The van der Waals surface area contributed by atoms with Crippen molar-refractivity contribution in [2.24, 2.45) is 5.92 Å². The second kappa shape index (κ2) is 10.1. The lowest BCUT2D eigenvalue weighted by Gasteiger charge is -2.12. The van der Waals surface area contributed by atoms with E-state index in [1.165, 1.54) is 6.33 Å². The molecule has 9 nitrogen and oxygen atoms in total. The highest BCUT2D eigenvalue weighted by Crippen LogP contribution is 2.34. The third kappa shape index (κ3) is 5.70. The van der Waals surface area contributed by atoms with Gasteiger partial charge >= 0.3 is 11.7 Å². The molecule has 1 aromatic heterocycles. The van der Waals surface area contributed by atoms with Gasteiger partial charge in [-0.15, -0.1) is 0 Å². The number of esters is 1. The molecule has 166 valence electrons. The van der Waals surface area contributed by atoms with Crippen molar-refractivity contribution < 1.29 is 14.5 Å². The number of nitro groups is 1. The number of hydrogen-bond donors (Lipinski definition) is 2. The van der Waals surface area contributed by atoms with Crippen LogP contribution in [0.1, 0.15) is 29.8 Å². The Balaban J connectivity index is 1.83. The average Bonchev–Trinajstić information content (AvgIpc) is 2.74. The van der Waals surface area contributed by atoms with Gasteiger partial charge in [-0.2, -0.15) is 0 Å². The predicted molar refractivity (Wildman–Crippen MR) is 123 cm³/mol. The quantitative estimate of drug-likeness (QED) is 0.254. The van der Waals surface area contributed by atoms with Crippen LogP contribution in [0.5, 0.6) is 0 Å². The minimum absolute atomic E-state index is 0.00857. The van der Waals surface area contributed by atoms with E-state index < -0.39 is 10.9 Å². The molecule has 3 aromatic rings. The molecule has 1 heterocycles. The lowest BCUT2D eigenvalue weighted by atomic mass is 10.2. The Hall–Kier alpha value is -3.72. The molecule has 2 N–H and O–H groups in total. The van der Waals surface area contributed by atoms with Gasteiger partial charge in [-0.25, -0.2) is 14.8 Å². The van der Waals surface area contributed by atoms with Crippen molar-refractivity contribution in [1.82, 2.24) is 9.97 Å². The Morgan fingerprint density at radius 2 is 1.78 bits per heavy atom. The van der Waals surface area contributed by atoms with Crippen LogP contribution in [0.3, 0.4) is 0 Å². The first kappa shape index (κ1) is 23.0. The number of nitrogens with zero attached hydrogens (tertiary/aromatic N) is 3. The molecule has 0 unspecified atom stereocenters. The number of ether oxygens (including phenoxy) is 1. The van der Waals surface area contributed by atoms with E-state index in [0.717, 1.165) is 5.56 Å². The van der Waals surface area contributed by atoms with Crippen LogP contribution in [-0.4, -0.2) is 27.5 Å². The van der Waals surface area contributed by atoms with Crippen LogP contribution in [0.15, 0.2) is 48.8 Å². The largest absolute Gasteiger partial charge is 0.462 e. The van der Waals surface area contributed by atoms with Crippen LogP contribution in [0.2, 0.25) is 5.02 Å². The second-order valence-electron chi connectivity index (χ2n) is 7.46. The molecule has 0 saturated heterocycles. The molecule has 0 spiro atoms. The molecule has 0 fully saturated rings. The maximum Gasteiger partial charge on any atom is 0.353 e. The maximum absolute atomic E-state index is 12.1. The molecular formula is C22H22ClN5O4. The molecule has 10 heteroatoms. The monoisotopic (exact) mass is 455 g/mol. The molecule has 0 aliphatic rings. The fourth-order valence-corrected chi connectivity index (χ4v) is 3.01. The van der Waals surface area contributed by atoms with Crippen LogP contribution in [-0.2, 0) is 4.74 Å². The molecule has 0 aliphatic carbocycles. The minimum Gasteiger partial charge on any atom is -0.462 e. The summed E-state index contributed by atoms with van der Waals surface area (Å²) in [6, 6.07) is 11.5. The van der Waals surface area contributed by atoms with E-state index >= 15 is 0 Å². The molecule has 0 aliphatic heterocycles. The van der Waals surface area contributed by atoms with Crippen LogP contribution < -0.4 is 10.6 Å². The summed E-state index contributed by atoms with van der Waals surface area (Å²) in [7, 11) is 0. The third-order valence-corrected chi connectivity index (χ3v) is 4.61. The van der Waals surface area contributed by atoms with Gasteiger partial charge in [0, 0.05) is 16.4 Å². The number of aromatic nitrogens is 2. The highest BCUT2D eigenvalue weighted by Gasteiger charge is 2.24. The number of anilines is 4. The summed E-state index contributed by atoms with van der Waals surface area (Å²) in [5.41, 5.74) is 2.02. The van der Waals surface area contributed by atoms with E-state index in [4.69, 9.17) is 16.3 Å². The van der Waals surface area contributed by atoms with Gasteiger partial charge in [-0.1, -0.05) is 25.4 Å². The standard InChI is InChI=1S/C22H22ClN5O4/c1-13(2)11-32-22(29)15-4-7-17(8-5-15)26-20-19(28(30)31)21(25-12-24-20)27-18-9-6-16(23)10-14(18)3/h4-10,12-13H,11H2,1-3H3,(H2,24,25,26,27). The molecule has 32 heavy (non-hydrogen) atoms. The van der Waals surface area contributed by atoms with Crippen molar-refractivity contribution in [1.29, 1.82) is 0 Å². The first-order valence-corrected chi connectivity index (χ1v) is 10.2. The summed E-state index contributed by atoms with van der Waals surface area (Å²) in [5.74, 6) is -0.151. The van der Waals surface area contributed by atoms with Crippen LogP contribution in [0.25, 0.3) is 0 Å². The van der Waals surface area contributed by atoms with Crippen molar-refractivity contribution in [3.63, 3.8) is 0 Å². The fourth-order valence-electron chi connectivity index (χ4n) is 2.78. The first-order chi connectivity index (χ1) is 15.2. The number of rotatable bonds is 8. The fraction of sp³-hybridized carbons (Fsp3) is 0.227. The van der Waals surface area contributed by atoms with E-state index in [-0.39, 0.29) is 23.2 Å². The molecule has 0 saturated carbocycles. The van der Waals surface area contributed by atoms with Gasteiger partial charge < -0.3 is 15.4 Å². The molecule has 0 bridgehead atoms. The summed E-state index contributed by atoms with van der Waals surface area (Å²) < 4.78 is 5.20. The Labute approximate surface area is 190 Å². The normalized spacial score (nSPS) is 10.7. The van der Waals surface area contributed by atoms with Gasteiger partial charge in [0.05, 0.1) is 17.1 Å². The Bertz CT molecular complexity index is 1140. The molecule has 0 atom stereocenters. The average molecular weight is 456 g/mol. The highest BCUT2D eigenvalue weighted by atomic mass is 35.5. The zero-order valence-electron chi connectivity index (χ0n) is 17.8. The zero-order valence-corrected chi connectivity index (χ0v) is 18.5. The molecule has 0 amide bonds. The summed E-state index contributed by atoms with van der Waals surface area (Å²) >= 11 is 5.98. The number of nitrogens with one attached hydrogen (secondary N) is 2. The number of carbonyl (C=O) groups is 1. The van der Waals surface area contributed by atoms with Crippen molar-refractivity contribution in [2.45, 2.75) is 20.8 Å². The Morgan fingerprint density at radius 1 is 1.12 bits per heavy atom. The lowest BCUT2D eigenvalue weighted by Crippen LogP contribution is -2.10. The summed E-state index contributed by atoms with van der Waals surface area (Å²) in [6.07, 6.45) is 1.22. The maximum atomic E-state index is 12.1. The van der Waals surface area contributed by atoms with Crippen LogP contribution >= 0.6 is 11.6 Å². The van der Waals surface area contributed by atoms with E-state index in [2.05, 4.69) is 20.6 Å². The SMILES string of the molecule is Cc1cc(Cl)ccc1Nc1ncnc(Nc2ccc(C(=O)OCC(C)C)cc2)c1[N+](=O)[O-]. The summed E-state index contributed by atoms with van der Waals surface area (Å²) in [5, 5.41) is 18.2. The number of benzene rings is 2. The number of carbonyl (C=O) groups excluding carboxylic acids is 1. The smallest absolute Gasteiger partial charge is 0.353 e.